The van der Waals surface area contributed by atoms with E-state index < -0.39 is 16.1 Å². The number of carbonyl (C=O) groups is 1. The summed E-state index contributed by atoms with van der Waals surface area (Å²) < 4.78 is 26.9. The Morgan fingerprint density at radius 3 is 2.70 bits per heavy atom. The summed E-state index contributed by atoms with van der Waals surface area (Å²) >= 11 is 1.53. The van der Waals surface area contributed by atoms with Crippen molar-refractivity contribution >= 4 is 33.4 Å². The first-order chi connectivity index (χ1) is 9.49. The fraction of sp³-hybridized carbons (Fsp3) is 0.250. The predicted octanol–water partition coefficient (Wildman–Crippen LogP) is 0.344. The maximum Gasteiger partial charge on any atom is 0.248 e. The summed E-state index contributed by atoms with van der Waals surface area (Å²) in [4.78, 5) is 13.5. The van der Waals surface area contributed by atoms with Gasteiger partial charge in [0.25, 0.3) is 0 Å². The van der Waals surface area contributed by atoms with Crippen LogP contribution in [0, 0.1) is 0 Å². The van der Waals surface area contributed by atoms with Crippen LogP contribution >= 0.6 is 11.8 Å². The number of thioether (sulfide) groups is 1. The second kappa shape index (κ2) is 4.80. The van der Waals surface area contributed by atoms with Gasteiger partial charge in [-0.25, -0.2) is 8.42 Å². The minimum Gasteiger partial charge on any atom is -0.399 e. The molecule has 8 heteroatoms. The number of hydrogen-bond donors (Lipinski definition) is 2. The molecule has 106 valence electrons. The number of nitrogens with two attached hydrogens (primary N) is 1. The van der Waals surface area contributed by atoms with E-state index in [0.29, 0.717) is 5.69 Å². The standard InChI is InChI=1S/C12H13N3O3S2/c13-8-2-4-9(5-3-8)20(17,18)14-10-11(16)15-6-1-7-19-12(10)15/h1-6,10,12,14H,7,13H2/t10-,12-/m1/s1. The molecule has 3 rings (SSSR count). The van der Waals surface area contributed by atoms with Crippen LogP contribution in [-0.4, -0.2) is 36.4 Å². The molecular formula is C12H13N3O3S2. The van der Waals surface area contributed by atoms with Crippen molar-refractivity contribution in [3.05, 3.63) is 36.5 Å². The maximum atomic E-state index is 12.2. The van der Waals surface area contributed by atoms with Gasteiger partial charge in [0.15, 0.2) is 0 Å². The lowest BCUT2D eigenvalue weighted by atomic mass is 10.1. The van der Waals surface area contributed by atoms with Crippen molar-refractivity contribution in [3.63, 3.8) is 0 Å². The number of rotatable bonds is 3. The molecule has 1 aromatic carbocycles. The average molecular weight is 311 g/mol. The summed E-state index contributed by atoms with van der Waals surface area (Å²) in [5.74, 6) is 0.548. The lowest BCUT2D eigenvalue weighted by Gasteiger charge is -2.46. The monoisotopic (exact) mass is 311 g/mol. The molecule has 20 heavy (non-hydrogen) atoms. The van der Waals surface area contributed by atoms with Gasteiger partial charge in [-0.15, -0.1) is 11.8 Å². The molecule has 2 aliphatic rings. The lowest BCUT2D eigenvalue weighted by molar-refractivity contribution is -0.140. The van der Waals surface area contributed by atoms with E-state index in [2.05, 4.69) is 4.72 Å². The van der Waals surface area contributed by atoms with Crippen LogP contribution in [0.25, 0.3) is 0 Å². The number of nitrogen functional groups attached to an aromatic ring is 1. The fourth-order valence-electron chi connectivity index (χ4n) is 2.12. The van der Waals surface area contributed by atoms with E-state index in [1.165, 1.54) is 36.0 Å². The fourth-order valence-corrected chi connectivity index (χ4v) is 4.51. The van der Waals surface area contributed by atoms with Crippen molar-refractivity contribution < 1.29 is 13.2 Å². The third kappa shape index (κ3) is 2.19. The SMILES string of the molecule is Nc1ccc(S(=O)(=O)N[C@@H]2C(=O)N3C=CCS[C@H]23)cc1. The van der Waals surface area contributed by atoms with Gasteiger partial charge in [0.05, 0.1) is 4.90 Å². The number of anilines is 1. The van der Waals surface area contributed by atoms with E-state index in [0.717, 1.165) is 5.75 Å². The van der Waals surface area contributed by atoms with Crippen molar-refractivity contribution in [1.82, 2.24) is 9.62 Å². The molecule has 0 saturated carbocycles. The quantitative estimate of drug-likeness (QED) is 0.620. The highest BCUT2D eigenvalue weighted by molar-refractivity contribution is 8.00. The van der Waals surface area contributed by atoms with E-state index in [-0.39, 0.29) is 16.2 Å². The highest BCUT2D eigenvalue weighted by Crippen LogP contribution is 2.34. The summed E-state index contributed by atoms with van der Waals surface area (Å²) in [6.45, 7) is 0. The summed E-state index contributed by atoms with van der Waals surface area (Å²) in [5.41, 5.74) is 6.02. The molecule has 2 atom stereocenters. The molecule has 0 bridgehead atoms. The topological polar surface area (TPSA) is 92.5 Å². The third-order valence-electron chi connectivity index (χ3n) is 3.18. The van der Waals surface area contributed by atoms with Gasteiger partial charge >= 0.3 is 0 Å². The Balaban J connectivity index is 1.79. The number of hydrogen-bond acceptors (Lipinski definition) is 5. The number of amides is 1. The van der Waals surface area contributed by atoms with Crippen molar-refractivity contribution in [2.45, 2.75) is 16.3 Å². The predicted molar refractivity (Wildman–Crippen MR) is 77.2 cm³/mol. The zero-order chi connectivity index (χ0) is 14.3. The summed E-state index contributed by atoms with van der Waals surface area (Å²) in [7, 11) is -3.71. The molecule has 0 radical (unpaired) electrons. The van der Waals surface area contributed by atoms with Crippen molar-refractivity contribution in [2.75, 3.05) is 11.5 Å². The van der Waals surface area contributed by atoms with Gasteiger partial charge in [-0.1, -0.05) is 6.08 Å². The molecule has 2 aliphatic heterocycles. The highest BCUT2D eigenvalue weighted by atomic mass is 32.2. The second-order valence-corrected chi connectivity index (χ2v) is 7.39. The van der Waals surface area contributed by atoms with Gasteiger partial charge in [-0.3, -0.25) is 4.79 Å². The first kappa shape index (κ1) is 13.5. The van der Waals surface area contributed by atoms with Crippen LogP contribution in [0.1, 0.15) is 0 Å². The average Bonchev–Trinajstić information content (AvgIpc) is 2.45. The molecule has 1 amide bonds. The molecule has 1 saturated heterocycles. The minimum atomic E-state index is -3.71. The molecule has 0 aliphatic carbocycles. The van der Waals surface area contributed by atoms with Gasteiger partial charge in [0, 0.05) is 17.6 Å². The van der Waals surface area contributed by atoms with Crippen LogP contribution in [0.5, 0.6) is 0 Å². The van der Waals surface area contributed by atoms with Gasteiger partial charge in [-0.05, 0) is 24.3 Å². The number of carbonyl (C=O) groups excluding carboxylic acids is 1. The van der Waals surface area contributed by atoms with Crippen LogP contribution < -0.4 is 10.5 Å². The largest absolute Gasteiger partial charge is 0.399 e. The van der Waals surface area contributed by atoms with Crippen LogP contribution in [0.2, 0.25) is 0 Å². The zero-order valence-electron chi connectivity index (χ0n) is 10.4. The smallest absolute Gasteiger partial charge is 0.248 e. The Bertz CT molecular complexity index is 670. The van der Waals surface area contributed by atoms with E-state index in [9.17, 15) is 13.2 Å². The molecule has 1 aromatic rings. The molecule has 3 N–H and O–H groups in total. The molecule has 0 aromatic heterocycles. The molecule has 2 heterocycles. The highest BCUT2D eigenvalue weighted by Gasteiger charge is 2.49. The summed E-state index contributed by atoms with van der Waals surface area (Å²) in [6.07, 6.45) is 3.58. The van der Waals surface area contributed by atoms with Crippen LogP contribution in [0.3, 0.4) is 0 Å². The van der Waals surface area contributed by atoms with Gasteiger partial charge in [0.2, 0.25) is 15.9 Å². The molecule has 6 nitrogen and oxygen atoms in total. The van der Waals surface area contributed by atoms with Crippen molar-refractivity contribution in [1.29, 1.82) is 0 Å². The van der Waals surface area contributed by atoms with Crippen LogP contribution in [0.15, 0.2) is 41.4 Å². The number of fused-ring (bicyclic) bond motifs is 1. The molecule has 1 fully saturated rings. The first-order valence-electron chi connectivity index (χ1n) is 5.97. The van der Waals surface area contributed by atoms with Crippen molar-refractivity contribution in [3.8, 4) is 0 Å². The van der Waals surface area contributed by atoms with E-state index in [1.807, 2.05) is 6.08 Å². The number of nitrogens with one attached hydrogen (secondary N) is 1. The molecular weight excluding hydrogens is 298 g/mol. The van der Waals surface area contributed by atoms with Gasteiger partial charge in [-0.2, -0.15) is 4.72 Å². The number of benzene rings is 1. The van der Waals surface area contributed by atoms with E-state index >= 15 is 0 Å². The second-order valence-electron chi connectivity index (χ2n) is 4.52. The number of β-lactam (4-membered cyclic amide) rings is 1. The Kier molecular flexibility index (Phi) is 3.23. The molecule has 0 spiro atoms. The van der Waals surface area contributed by atoms with Crippen LogP contribution in [-0.2, 0) is 14.8 Å². The van der Waals surface area contributed by atoms with Crippen molar-refractivity contribution in [2.24, 2.45) is 0 Å². The minimum absolute atomic E-state index is 0.106. The third-order valence-corrected chi connectivity index (χ3v) is 5.86. The first-order valence-corrected chi connectivity index (χ1v) is 8.50. The van der Waals surface area contributed by atoms with Gasteiger partial charge in [0.1, 0.15) is 11.4 Å². The Labute approximate surface area is 121 Å². The maximum absolute atomic E-state index is 12.2. The molecule has 0 unspecified atom stereocenters. The summed E-state index contributed by atoms with van der Waals surface area (Å²) in [5, 5.41) is -0.156. The number of sulfonamides is 1. The van der Waals surface area contributed by atoms with Crippen LogP contribution in [0.4, 0.5) is 5.69 Å². The van der Waals surface area contributed by atoms with E-state index in [1.54, 1.807) is 11.1 Å². The van der Waals surface area contributed by atoms with Gasteiger partial charge < -0.3 is 10.6 Å². The zero-order valence-corrected chi connectivity index (χ0v) is 12.0. The summed E-state index contributed by atoms with van der Waals surface area (Å²) in [6, 6.07) is 5.18. The Morgan fingerprint density at radius 1 is 1.30 bits per heavy atom. The normalized spacial score (nSPS) is 25.2. The Hall–Kier alpha value is -1.51. The lowest BCUT2D eigenvalue weighted by Crippen LogP contribution is -2.68. The Morgan fingerprint density at radius 2 is 2.00 bits per heavy atom. The van der Waals surface area contributed by atoms with E-state index in [4.69, 9.17) is 5.73 Å². The number of nitrogens with zero attached hydrogens (tertiary/aromatic N) is 1.